The minimum Gasteiger partial charge on any atom is -0.496 e. The molecule has 1 aromatic rings. The van der Waals surface area contributed by atoms with Crippen molar-refractivity contribution < 1.29 is 4.74 Å². The Kier molecular flexibility index (Phi) is 2.55. The predicted octanol–water partition coefficient (Wildman–Crippen LogP) is 2.99. The molecular weight excluding hydrogens is 160 g/mol. The van der Waals surface area contributed by atoms with E-state index in [1.807, 2.05) is 12.1 Å². The number of benzene rings is 1. The Morgan fingerprint density at radius 1 is 1.55 bits per heavy atom. The summed E-state index contributed by atoms with van der Waals surface area (Å²) in [5.41, 5.74) is 0.844. The van der Waals surface area contributed by atoms with Gasteiger partial charge in [0.15, 0.2) is 0 Å². The molecule has 0 N–H and O–H groups in total. The average molecular weight is 169 g/mol. The third-order valence-electron chi connectivity index (χ3n) is 1.44. The van der Waals surface area contributed by atoms with E-state index in [4.69, 9.17) is 16.3 Å². The fourth-order valence-electron chi connectivity index (χ4n) is 0.893. The van der Waals surface area contributed by atoms with Crippen LogP contribution in [0.2, 0.25) is 5.02 Å². The van der Waals surface area contributed by atoms with E-state index in [1.54, 1.807) is 19.3 Å². The molecule has 0 amide bonds. The van der Waals surface area contributed by atoms with Crippen LogP contribution in [0, 0.1) is 0 Å². The summed E-state index contributed by atoms with van der Waals surface area (Å²) < 4.78 is 5.06. The van der Waals surface area contributed by atoms with Gasteiger partial charge in [-0.15, -0.1) is 0 Å². The molecule has 0 radical (unpaired) electrons. The van der Waals surface area contributed by atoms with Crippen LogP contribution in [-0.2, 0) is 0 Å². The van der Waals surface area contributed by atoms with Crippen LogP contribution in [0.1, 0.15) is 5.56 Å². The predicted molar refractivity (Wildman–Crippen MR) is 48.1 cm³/mol. The zero-order valence-corrected chi connectivity index (χ0v) is 7.06. The van der Waals surface area contributed by atoms with Gasteiger partial charge in [0.25, 0.3) is 0 Å². The van der Waals surface area contributed by atoms with E-state index in [2.05, 4.69) is 6.58 Å². The molecule has 1 aromatic carbocycles. The lowest BCUT2D eigenvalue weighted by atomic mass is 10.2. The first kappa shape index (κ1) is 8.15. The van der Waals surface area contributed by atoms with E-state index in [1.165, 1.54) is 0 Å². The van der Waals surface area contributed by atoms with E-state index >= 15 is 0 Å². The fourth-order valence-corrected chi connectivity index (χ4v) is 1.14. The molecule has 0 saturated carbocycles. The standard InChI is InChI=1S/C9H9ClO/c1-3-7-8(10)5-4-6-9(7)11-2/h3-6H,1H2,2H3. The van der Waals surface area contributed by atoms with Gasteiger partial charge < -0.3 is 4.74 Å². The Balaban J connectivity index is 3.24. The number of hydrogen-bond acceptors (Lipinski definition) is 1. The first-order valence-electron chi connectivity index (χ1n) is 3.24. The van der Waals surface area contributed by atoms with Crippen LogP contribution in [-0.4, -0.2) is 7.11 Å². The Bertz CT molecular complexity index is 268. The van der Waals surface area contributed by atoms with Crippen molar-refractivity contribution in [1.29, 1.82) is 0 Å². The van der Waals surface area contributed by atoms with Gasteiger partial charge >= 0.3 is 0 Å². The van der Waals surface area contributed by atoms with Gasteiger partial charge in [0.05, 0.1) is 12.1 Å². The fraction of sp³-hybridized carbons (Fsp3) is 0.111. The molecule has 58 valence electrons. The largest absolute Gasteiger partial charge is 0.496 e. The molecule has 2 heteroatoms. The zero-order valence-electron chi connectivity index (χ0n) is 6.30. The topological polar surface area (TPSA) is 9.23 Å². The molecule has 1 nitrogen and oxygen atoms in total. The van der Waals surface area contributed by atoms with Crippen LogP contribution in [0.25, 0.3) is 6.08 Å². The molecule has 0 unspecified atom stereocenters. The summed E-state index contributed by atoms with van der Waals surface area (Å²) in [4.78, 5) is 0. The van der Waals surface area contributed by atoms with Gasteiger partial charge in [0.2, 0.25) is 0 Å². The van der Waals surface area contributed by atoms with Crippen molar-refractivity contribution in [1.82, 2.24) is 0 Å². The molecule has 0 heterocycles. The van der Waals surface area contributed by atoms with Gasteiger partial charge in [0.1, 0.15) is 5.75 Å². The smallest absolute Gasteiger partial charge is 0.127 e. The van der Waals surface area contributed by atoms with Gasteiger partial charge in [-0.25, -0.2) is 0 Å². The van der Waals surface area contributed by atoms with Crippen LogP contribution in [0.3, 0.4) is 0 Å². The van der Waals surface area contributed by atoms with Crippen LogP contribution in [0.15, 0.2) is 24.8 Å². The third kappa shape index (κ3) is 1.55. The maximum Gasteiger partial charge on any atom is 0.127 e. The average Bonchev–Trinajstić information content (AvgIpc) is 2.04. The summed E-state index contributed by atoms with van der Waals surface area (Å²) in [5, 5.41) is 0.666. The third-order valence-corrected chi connectivity index (χ3v) is 1.77. The minimum absolute atomic E-state index is 0.666. The van der Waals surface area contributed by atoms with Crippen molar-refractivity contribution in [3.05, 3.63) is 35.4 Å². The first-order chi connectivity index (χ1) is 5.29. The number of ether oxygens (including phenoxy) is 1. The maximum atomic E-state index is 5.86. The highest BCUT2D eigenvalue weighted by atomic mass is 35.5. The summed E-state index contributed by atoms with van der Waals surface area (Å²) in [5.74, 6) is 0.757. The lowest BCUT2D eigenvalue weighted by Gasteiger charge is -2.04. The molecule has 0 aromatic heterocycles. The van der Waals surface area contributed by atoms with Crippen LogP contribution in [0.5, 0.6) is 5.75 Å². The number of methoxy groups -OCH3 is 1. The first-order valence-corrected chi connectivity index (χ1v) is 3.62. The highest BCUT2D eigenvalue weighted by Crippen LogP contribution is 2.26. The van der Waals surface area contributed by atoms with Crippen molar-refractivity contribution in [2.75, 3.05) is 7.11 Å². The van der Waals surface area contributed by atoms with E-state index < -0.39 is 0 Å². The highest BCUT2D eigenvalue weighted by molar-refractivity contribution is 6.32. The lowest BCUT2D eigenvalue weighted by molar-refractivity contribution is 0.414. The van der Waals surface area contributed by atoms with Crippen LogP contribution in [0.4, 0.5) is 0 Å². The van der Waals surface area contributed by atoms with Crippen LogP contribution >= 0.6 is 11.6 Å². The molecule has 0 fully saturated rings. The molecule has 1 rings (SSSR count). The van der Waals surface area contributed by atoms with E-state index in [0.29, 0.717) is 5.02 Å². The van der Waals surface area contributed by atoms with E-state index in [0.717, 1.165) is 11.3 Å². The second kappa shape index (κ2) is 3.44. The molecule has 0 aliphatic rings. The van der Waals surface area contributed by atoms with E-state index in [-0.39, 0.29) is 0 Å². The summed E-state index contributed by atoms with van der Waals surface area (Å²) in [6.07, 6.45) is 1.68. The summed E-state index contributed by atoms with van der Waals surface area (Å²) in [7, 11) is 1.61. The van der Waals surface area contributed by atoms with Crippen molar-refractivity contribution in [3.63, 3.8) is 0 Å². The second-order valence-electron chi connectivity index (χ2n) is 2.06. The maximum absolute atomic E-state index is 5.86. The molecule has 0 aliphatic carbocycles. The SMILES string of the molecule is C=Cc1c(Cl)cccc1OC. The van der Waals surface area contributed by atoms with Gasteiger partial charge in [-0.1, -0.05) is 30.3 Å². The number of rotatable bonds is 2. The Morgan fingerprint density at radius 2 is 2.27 bits per heavy atom. The molecule has 0 saturated heterocycles. The summed E-state index contributed by atoms with van der Waals surface area (Å²) >= 11 is 5.86. The van der Waals surface area contributed by atoms with Crippen molar-refractivity contribution in [2.24, 2.45) is 0 Å². The molecule has 0 atom stereocenters. The van der Waals surface area contributed by atoms with E-state index in [9.17, 15) is 0 Å². The monoisotopic (exact) mass is 168 g/mol. The summed E-state index contributed by atoms with van der Waals surface area (Å²) in [6.45, 7) is 3.64. The number of halogens is 1. The minimum atomic E-state index is 0.666. The van der Waals surface area contributed by atoms with Crippen molar-refractivity contribution >= 4 is 17.7 Å². The zero-order chi connectivity index (χ0) is 8.27. The van der Waals surface area contributed by atoms with Crippen molar-refractivity contribution in [3.8, 4) is 5.75 Å². The molecule has 0 spiro atoms. The van der Waals surface area contributed by atoms with Gasteiger partial charge in [-0.05, 0) is 12.1 Å². The summed E-state index contributed by atoms with van der Waals surface area (Å²) in [6, 6.07) is 5.50. The van der Waals surface area contributed by atoms with Gasteiger partial charge in [-0.2, -0.15) is 0 Å². The molecule has 0 aliphatic heterocycles. The number of hydrogen-bond donors (Lipinski definition) is 0. The molecule has 11 heavy (non-hydrogen) atoms. The lowest BCUT2D eigenvalue weighted by Crippen LogP contribution is -1.86. The Morgan fingerprint density at radius 3 is 2.73 bits per heavy atom. The quantitative estimate of drug-likeness (QED) is 0.660. The molecular formula is C9H9ClO. The second-order valence-corrected chi connectivity index (χ2v) is 2.47. The van der Waals surface area contributed by atoms with Gasteiger partial charge in [-0.3, -0.25) is 0 Å². The van der Waals surface area contributed by atoms with Gasteiger partial charge in [0, 0.05) is 5.56 Å². The Labute approximate surface area is 71.3 Å². The Hall–Kier alpha value is -0.950. The van der Waals surface area contributed by atoms with Crippen LogP contribution < -0.4 is 4.74 Å². The molecule has 0 bridgehead atoms. The van der Waals surface area contributed by atoms with Crippen molar-refractivity contribution in [2.45, 2.75) is 0 Å². The highest BCUT2D eigenvalue weighted by Gasteiger charge is 2.01. The normalized spacial score (nSPS) is 9.27.